The third kappa shape index (κ3) is 3.22. The van der Waals surface area contributed by atoms with Crippen LogP contribution in [0.25, 0.3) is 11.4 Å². The van der Waals surface area contributed by atoms with Gasteiger partial charge in [0.15, 0.2) is 0 Å². The van der Waals surface area contributed by atoms with Crippen LogP contribution in [0.15, 0.2) is 79.0 Å². The van der Waals surface area contributed by atoms with Crippen molar-refractivity contribution < 1.29 is 9.53 Å². The van der Waals surface area contributed by atoms with Gasteiger partial charge in [-0.15, -0.1) is 0 Å². The first kappa shape index (κ1) is 18.1. The molecule has 0 atom stereocenters. The van der Waals surface area contributed by atoms with E-state index in [0.717, 1.165) is 28.2 Å². The van der Waals surface area contributed by atoms with Crippen molar-refractivity contribution >= 4 is 5.91 Å². The van der Waals surface area contributed by atoms with E-state index in [2.05, 4.69) is 15.4 Å². The molecule has 1 amide bonds. The van der Waals surface area contributed by atoms with Crippen molar-refractivity contribution in [2.24, 2.45) is 7.05 Å². The number of para-hydroxylation sites is 2. The second-order valence-corrected chi connectivity index (χ2v) is 7.19. The highest BCUT2D eigenvalue weighted by atomic mass is 16.5. The molecule has 0 fully saturated rings. The molecular formula is C24H20N4O2. The largest absolute Gasteiger partial charge is 0.457 e. The van der Waals surface area contributed by atoms with Gasteiger partial charge in [0.1, 0.15) is 11.5 Å². The minimum absolute atomic E-state index is 0.0803. The number of ether oxygens (including phenoxy) is 1. The van der Waals surface area contributed by atoms with Crippen LogP contribution in [-0.2, 0) is 18.4 Å². The van der Waals surface area contributed by atoms with Crippen molar-refractivity contribution in [3.63, 3.8) is 0 Å². The molecule has 0 spiro atoms. The summed E-state index contributed by atoms with van der Waals surface area (Å²) >= 11 is 0. The highest BCUT2D eigenvalue weighted by Crippen LogP contribution is 2.43. The highest BCUT2D eigenvalue weighted by molar-refractivity contribution is 5.89. The summed E-state index contributed by atoms with van der Waals surface area (Å²) in [6.45, 7) is 0.335. The van der Waals surface area contributed by atoms with Crippen molar-refractivity contribution in [3.05, 3.63) is 95.8 Å². The summed E-state index contributed by atoms with van der Waals surface area (Å²) in [6, 6.07) is 23.1. The first-order valence-electron chi connectivity index (χ1n) is 9.78. The van der Waals surface area contributed by atoms with E-state index in [9.17, 15) is 4.79 Å². The maximum absolute atomic E-state index is 13.2. The Bertz CT molecular complexity index is 1170. The Balaban J connectivity index is 1.39. The summed E-state index contributed by atoms with van der Waals surface area (Å²) in [5.74, 6) is 0.923. The van der Waals surface area contributed by atoms with Gasteiger partial charge in [0.2, 0.25) is 5.91 Å². The van der Waals surface area contributed by atoms with Gasteiger partial charge in [-0.3, -0.25) is 14.5 Å². The van der Waals surface area contributed by atoms with Crippen LogP contribution in [-0.4, -0.2) is 20.7 Å². The predicted molar refractivity (Wildman–Crippen MR) is 113 cm³/mol. The van der Waals surface area contributed by atoms with E-state index in [1.54, 1.807) is 10.9 Å². The monoisotopic (exact) mass is 396 g/mol. The maximum atomic E-state index is 13.2. The Kier molecular flexibility index (Phi) is 4.52. The zero-order valence-corrected chi connectivity index (χ0v) is 16.4. The number of hydrogen-bond acceptors (Lipinski definition) is 4. The summed E-state index contributed by atoms with van der Waals surface area (Å²) in [7, 11) is 1.88. The number of carbonyl (C=O) groups excluding carboxylic acids is 1. The maximum Gasteiger partial charge on any atom is 0.232 e. The summed E-state index contributed by atoms with van der Waals surface area (Å²) < 4.78 is 7.77. The Hall–Kier alpha value is -3.93. The standard InChI is InChI=1S/C24H20N4O2/c1-28-20(19-10-6-7-13-25-19)14-16(27-28)15-26-24(29)23-17-8-2-4-11-21(17)30-22-12-5-3-9-18(22)23/h2-14,23H,15H2,1H3,(H,26,29). The molecule has 0 aliphatic carbocycles. The fourth-order valence-corrected chi connectivity index (χ4v) is 3.84. The number of nitrogens with zero attached hydrogens (tertiary/aromatic N) is 3. The van der Waals surface area contributed by atoms with Gasteiger partial charge in [-0.05, 0) is 30.3 Å². The Morgan fingerprint density at radius 3 is 2.33 bits per heavy atom. The van der Waals surface area contributed by atoms with Crippen LogP contribution in [0.2, 0.25) is 0 Å². The van der Waals surface area contributed by atoms with Gasteiger partial charge in [-0.1, -0.05) is 42.5 Å². The fourth-order valence-electron chi connectivity index (χ4n) is 3.84. The fraction of sp³-hybridized carbons (Fsp3) is 0.125. The molecule has 4 aromatic rings. The number of aromatic nitrogens is 3. The van der Waals surface area contributed by atoms with E-state index < -0.39 is 5.92 Å². The zero-order chi connectivity index (χ0) is 20.5. The van der Waals surface area contributed by atoms with E-state index >= 15 is 0 Å². The molecule has 0 unspecified atom stereocenters. The van der Waals surface area contributed by atoms with Gasteiger partial charge < -0.3 is 10.1 Å². The average molecular weight is 396 g/mol. The number of benzene rings is 2. The summed E-state index contributed by atoms with van der Waals surface area (Å²) in [5, 5.41) is 7.58. The van der Waals surface area contributed by atoms with E-state index in [1.165, 1.54) is 0 Å². The Labute approximate surface area is 174 Å². The van der Waals surface area contributed by atoms with Crippen molar-refractivity contribution in [2.75, 3.05) is 0 Å². The second kappa shape index (κ2) is 7.48. The van der Waals surface area contributed by atoms with Crippen LogP contribution in [0.5, 0.6) is 11.5 Å². The molecule has 2 aromatic heterocycles. The lowest BCUT2D eigenvalue weighted by Crippen LogP contribution is -2.31. The number of carbonyl (C=O) groups is 1. The predicted octanol–water partition coefficient (Wildman–Crippen LogP) is 4.04. The van der Waals surface area contributed by atoms with Crippen LogP contribution >= 0.6 is 0 Å². The van der Waals surface area contributed by atoms with Crippen LogP contribution in [0.4, 0.5) is 0 Å². The lowest BCUT2D eigenvalue weighted by atomic mass is 9.87. The number of amides is 1. The van der Waals surface area contributed by atoms with Gasteiger partial charge in [-0.2, -0.15) is 5.10 Å². The normalized spacial score (nSPS) is 12.6. The molecular weight excluding hydrogens is 376 g/mol. The Morgan fingerprint density at radius 1 is 1.00 bits per heavy atom. The second-order valence-electron chi connectivity index (χ2n) is 7.19. The molecule has 2 aromatic carbocycles. The molecule has 1 N–H and O–H groups in total. The van der Waals surface area contributed by atoms with Gasteiger partial charge in [0.05, 0.1) is 29.5 Å². The molecule has 3 heterocycles. The van der Waals surface area contributed by atoms with Crippen LogP contribution in [0, 0.1) is 0 Å². The number of rotatable bonds is 4. The van der Waals surface area contributed by atoms with E-state index in [4.69, 9.17) is 4.74 Å². The third-order valence-electron chi connectivity index (χ3n) is 5.24. The minimum atomic E-state index is -0.426. The van der Waals surface area contributed by atoms with Gasteiger partial charge in [-0.25, -0.2) is 0 Å². The molecule has 6 heteroatoms. The van der Waals surface area contributed by atoms with Crippen molar-refractivity contribution in [1.29, 1.82) is 0 Å². The average Bonchev–Trinajstić information content (AvgIpc) is 3.17. The zero-order valence-electron chi connectivity index (χ0n) is 16.4. The van der Waals surface area contributed by atoms with Crippen molar-refractivity contribution in [1.82, 2.24) is 20.1 Å². The summed E-state index contributed by atoms with van der Waals surface area (Å²) in [6.07, 6.45) is 1.75. The van der Waals surface area contributed by atoms with Gasteiger partial charge in [0.25, 0.3) is 0 Å². The van der Waals surface area contributed by atoms with E-state index in [0.29, 0.717) is 18.0 Å². The Morgan fingerprint density at radius 2 is 1.67 bits per heavy atom. The lowest BCUT2D eigenvalue weighted by Gasteiger charge is -2.27. The molecule has 6 nitrogen and oxygen atoms in total. The molecule has 0 saturated carbocycles. The van der Waals surface area contributed by atoms with Crippen LogP contribution < -0.4 is 10.1 Å². The topological polar surface area (TPSA) is 69.0 Å². The SMILES string of the molecule is Cn1nc(CNC(=O)C2c3ccccc3Oc3ccccc32)cc1-c1ccccn1. The van der Waals surface area contributed by atoms with Crippen LogP contribution in [0.1, 0.15) is 22.7 Å². The molecule has 148 valence electrons. The van der Waals surface area contributed by atoms with Gasteiger partial charge >= 0.3 is 0 Å². The highest BCUT2D eigenvalue weighted by Gasteiger charge is 2.32. The van der Waals surface area contributed by atoms with Crippen LogP contribution in [0.3, 0.4) is 0 Å². The summed E-state index contributed by atoms with van der Waals surface area (Å²) in [5.41, 5.74) is 4.26. The molecule has 1 aliphatic rings. The number of hydrogen-bond donors (Lipinski definition) is 1. The first-order chi connectivity index (χ1) is 14.7. The molecule has 0 bridgehead atoms. The summed E-state index contributed by atoms with van der Waals surface area (Å²) in [4.78, 5) is 17.6. The third-order valence-corrected chi connectivity index (χ3v) is 5.24. The lowest BCUT2D eigenvalue weighted by molar-refractivity contribution is -0.122. The van der Waals surface area contributed by atoms with Crippen molar-refractivity contribution in [2.45, 2.75) is 12.5 Å². The number of pyridine rings is 1. The molecule has 5 rings (SSSR count). The molecule has 0 radical (unpaired) electrons. The number of nitrogens with one attached hydrogen (secondary N) is 1. The molecule has 30 heavy (non-hydrogen) atoms. The van der Waals surface area contributed by atoms with Crippen molar-refractivity contribution in [3.8, 4) is 22.9 Å². The van der Waals surface area contributed by atoms with E-state index in [1.807, 2.05) is 79.8 Å². The van der Waals surface area contributed by atoms with E-state index in [-0.39, 0.29) is 5.91 Å². The van der Waals surface area contributed by atoms with Gasteiger partial charge in [0, 0.05) is 24.4 Å². The smallest absolute Gasteiger partial charge is 0.232 e. The quantitative estimate of drug-likeness (QED) is 0.565. The number of aryl methyl sites for hydroxylation is 1. The number of fused-ring (bicyclic) bond motifs is 2. The minimum Gasteiger partial charge on any atom is -0.457 e. The first-order valence-corrected chi connectivity index (χ1v) is 9.78. The molecule has 0 saturated heterocycles. The molecule has 1 aliphatic heterocycles.